The molecule has 0 fully saturated rings. The molecule has 0 aliphatic rings. The zero-order valence-electron chi connectivity index (χ0n) is 11.8. The lowest BCUT2D eigenvalue weighted by Crippen LogP contribution is -2.22. The van der Waals surface area contributed by atoms with Gasteiger partial charge in [-0.2, -0.15) is 0 Å². The summed E-state index contributed by atoms with van der Waals surface area (Å²) in [7, 11) is 0. The fourth-order valence-electron chi connectivity index (χ4n) is 1.50. The monoisotopic (exact) mass is 269 g/mol. The molecule has 3 heteroatoms. The van der Waals surface area contributed by atoms with Gasteiger partial charge in [0.05, 0.1) is 0 Å². The molecule has 0 aliphatic heterocycles. The molecule has 0 heterocycles. The summed E-state index contributed by atoms with van der Waals surface area (Å²) >= 11 is 1.77. The number of benzene rings is 1. The van der Waals surface area contributed by atoms with Crippen molar-refractivity contribution in [2.75, 3.05) is 5.75 Å². The summed E-state index contributed by atoms with van der Waals surface area (Å²) in [4.78, 5) is 1.07. The Kier molecular flexibility index (Phi) is 6.72. The molecule has 0 amide bonds. The van der Waals surface area contributed by atoms with Crippen molar-refractivity contribution >= 4 is 11.8 Å². The zero-order valence-corrected chi connectivity index (χ0v) is 12.6. The van der Waals surface area contributed by atoms with E-state index in [-0.39, 0.29) is 5.82 Å². The van der Waals surface area contributed by atoms with Gasteiger partial charge < -0.3 is 5.32 Å². The number of rotatable bonds is 7. The van der Waals surface area contributed by atoms with Crippen LogP contribution in [0.1, 0.15) is 39.7 Å². The molecule has 1 aromatic rings. The first-order chi connectivity index (χ1) is 8.54. The molecule has 0 aliphatic carbocycles. The Morgan fingerprint density at radius 2 is 2.00 bits per heavy atom. The van der Waals surface area contributed by atoms with E-state index in [0.29, 0.717) is 18.5 Å². The lowest BCUT2D eigenvalue weighted by Gasteiger charge is -2.14. The molecule has 0 saturated carbocycles. The highest BCUT2D eigenvalue weighted by Gasteiger charge is 2.10. The van der Waals surface area contributed by atoms with Crippen LogP contribution in [-0.4, -0.2) is 11.8 Å². The minimum atomic E-state index is -0.0997. The van der Waals surface area contributed by atoms with E-state index in [1.807, 2.05) is 6.07 Å². The predicted octanol–water partition coefficient (Wildman–Crippen LogP) is 4.46. The van der Waals surface area contributed by atoms with Crippen molar-refractivity contribution in [2.45, 2.75) is 51.6 Å². The summed E-state index contributed by atoms with van der Waals surface area (Å²) in [5.74, 6) is 1.62. The van der Waals surface area contributed by atoms with Crippen LogP contribution in [0.2, 0.25) is 0 Å². The van der Waals surface area contributed by atoms with E-state index >= 15 is 0 Å². The Balaban J connectivity index is 2.73. The van der Waals surface area contributed by atoms with Gasteiger partial charge in [-0.05, 0) is 18.1 Å². The summed E-state index contributed by atoms with van der Waals surface area (Å²) in [6, 6.07) is 5.74. The van der Waals surface area contributed by atoms with Gasteiger partial charge in [0, 0.05) is 28.8 Å². The minimum absolute atomic E-state index is 0.0997. The quantitative estimate of drug-likeness (QED) is 0.733. The molecule has 18 heavy (non-hydrogen) atoms. The molecule has 0 saturated heterocycles. The average Bonchev–Trinajstić information content (AvgIpc) is 2.34. The van der Waals surface area contributed by atoms with Crippen molar-refractivity contribution in [2.24, 2.45) is 5.92 Å². The van der Waals surface area contributed by atoms with Gasteiger partial charge >= 0.3 is 0 Å². The average molecular weight is 269 g/mol. The molecule has 1 rings (SSSR count). The Hall–Kier alpha value is -0.540. The number of hydrogen-bond donors (Lipinski definition) is 1. The first-order valence-electron chi connectivity index (χ1n) is 6.68. The topological polar surface area (TPSA) is 12.0 Å². The molecule has 1 aromatic carbocycles. The molecule has 0 radical (unpaired) electrons. The second-order valence-corrected chi connectivity index (χ2v) is 6.14. The first-order valence-corrected chi connectivity index (χ1v) is 7.66. The maximum absolute atomic E-state index is 13.9. The Labute approximate surface area is 115 Å². The molecule has 0 aromatic heterocycles. The van der Waals surface area contributed by atoms with Crippen molar-refractivity contribution in [3.63, 3.8) is 0 Å². The SMILES string of the molecule is CCC(C)CSc1cccc(F)c1CNC(C)C. The maximum atomic E-state index is 13.9. The van der Waals surface area contributed by atoms with Crippen molar-refractivity contribution in [1.82, 2.24) is 5.32 Å². The largest absolute Gasteiger partial charge is 0.310 e. The minimum Gasteiger partial charge on any atom is -0.310 e. The van der Waals surface area contributed by atoms with Gasteiger partial charge in [-0.1, -0.05) is 40.2 Å². The van der Waals surface area contributed by atoms with Crippen molar-refractivity contribution in [3.05, 3.63) is 29.6 Å². The standard InChI is InChI=1S/C15H24FNS/c1-5-12(4)10-18-15-8-6-7-14(16)13(15)9-17-11(2)3/h6-8,11-12,17H,5,9-10H2,1-4H3. The number of thioether (sulfide) groups is 1. The number of hydrogen-bond acceptors (Lipinski definition) is 2. The molecule has 1 nitrogen and oxygen atoms in total. The molecular formula is C15H24FNS. The number of halogens is 1. The fourth-order valence-corrected chi connectivity index (χ4v) is 2.72. The van der Waals surface area contributed by atoms with Crippen molar-refractivity contribution in [3.8, 4) is 0 Å². The maximum Gasteiger partial charge on any atom is 0.128 e. The van der Waals surface area contributed by atoms with Crippen LogP contribution < -0.4 is 5.32 Å². The lowest BCUT2D eigenvalue weighted by molar-refractivity contribution is 0.546. The van der Waals surface area contributed by atoms with Crippen LogP contribution >= 0.6 is 11.8 Å². The highest BCUT2D eigenvalue weighted by molar-refractivity contribution is 7.99. The van der Waals surface area contributed by atoms with Crippen LogP contribution in [0, 0.1) is 11.7 Å². The highest BCUT2D eigenvalue weighted by atomic mass is 32.2. The predicted molar refractivity (Wildman–Crippen MR) is 78.6 cm³/mol. The fraction of sp³-hybridized carbons (Fsp3) is 0.600. The Bertz CT molecular complexity index is 366. The smallest absolute Gasteiger partial charge is 0.128 e. The normalized spacial score (nSPS) is 13.0. The summed E-state index contributed by atoms with van der Waals surface area (Å²) in [5.41, 5.74) is 0.805. The number of nitrogens with one attached hydrogen (secondary N) is 1. The molecule has 1 atom stereocenters. The first kappa shape index (κ1) is 15.5. The molecule has 102 valence electrons. The van der Waals surface area contributed by atoms with Crippen LogP contribution in [0.3, 0.4) is 0 Å². The summed E-state index contributed by atoms with van der Waals surface area (Å²) < 4.78 is 13.9. The van der Waals surface area contributed by atoms with Gasteiger partial charge in [0.15, 0.2) is 0 Å². The van der Waals surface area contributed by atoms with Crippen LogP contribution in [0.25, 0.3) is 0 Å². The van der Waals surface area contributed by atoms with Gasteiger partial charge in [0.1, 0.15) is 5.82 Å². The van der Waals surface area contributed by atoms with E-state index in [1.54, 1.807) is 23.9 Å². The van der Waals surface area contributed by atoms with Gasteiger partial charge in [-0.25, -0.2) is 4.39 Å². The van der Waals surface area contributed by atoms with E-state index in [4.69, 9.17) is 0 Å². The summed E-state index contributed by atoms with van der Waals surface area (Å²) in [6.45, 7) is 9.18. The van der Waals surface area contributed by atoms with Crippen molar-refractivity contribution in [1.29, 1.82) is 0 Å². The van der Waals surface area contributed by atoms with E-state index in [1.165, 1.54) is 6.42 Å². The molecular weight excluding hydrogens is 245 g/mol. The second-order valence-electron chi connectivity index (χ2n) is 5.08. The summed E-state index contributed by atoms with van der Waals surface area (Å²) in [6.07, 6.45) is 1.17. The van der Waals surface area contributed by atoms with E-state index < -0.39 is 0 Å². The van der Waals surface area contributed by atoms with Gasteiger partial charge in [-0.15, -0.1) is 11.8 Å². The third-order valence-electron chi connectivity index (χ3n) is 2.98. The lowest BCUT2D eigenvalue weighted by atomic mass is 10.2. The third kappa shape index (κ3) is 4.99. The highest BCUT2D eigenvalue weighted by Crippen LogP contribution is 2.27. The van der Waals surface area contributed by atoms with Gasteiger partial charge in [0.25, 0.3) is 0 Å². The molecule has 1 N–H and O–H groups in total. The van der Waals surface area contributed by atoms with Crippen LogP contribution in [-0.2, 0) is 6.54 Å². The van der Waals surface area contributed by atoms with Crippen LogP contribution in [0.15, 0.2) is 23.1 Å². The zero-order chi connectivity index (χ0) is 13.5. The third-order valence-corrected chi connectivity index (χ3v) is 4.41. The second kappa shape index (κ2) is 7.80. The van der Waals surface area contributed by atoms with Crippen LogP contribution in [0.4, 0.5) is 4.39 Å². The molecule has 1 unspecified atom stereocenters. The van der Waals surface area contributed by atoms with Gasteiger partial charge in [0.2, 0.25) is 0 Å². The van der Waals surface area contributed by atoms with Crippen LogP contribution in [0.5, 0.6) is 0 Å². The van der Waals surface area contributed by atoms with E-state index in [9.17, 15) is 4.39 Å². The van der Waals surface area contributed by atoms with E-state index in [0.717, 1.165) is 16.2 Å². The molecule has 0 bridgehead atoms. The van der Waals surface area contributed by atoms with Crippen molar-refractivity contribution < 1.29 is 4.39 Å². The van der Waals surface area contributed by atoms with E-state index in [2.05, 4.69) is 33.0 Å². The molecule has 0 spiro atoms. The Morgan fingerprint density at radius 1 is 1.28 bits per heavy atom. The Morgan fingerprint density at radius 3 is 2.61 bits per heavy atom. The summed E-state index contributed by atoms with van der Waals surface area (Å²) in [5, 5.41) is 3.29. The van der Waals surface area contributed by atoms with Gasteiger partial charge in [-0.3, -0.25) is 0 Å².